The Morgan fingerprint density at radius 3 is 1.79 bits per heavy atom. The van der Waals surface area contributed by atoms with Crippen LogP contribution in [-0.4, -0.2) is 11.6 Å². The minimum Gasteiger partial charge on any atom is -0.289 e. The molecule has 0 unspecified atom stereocenters. The largest absolute Gasteiger partial charge is 0.289 e. The number of fused-ring (bicyclic) bond motifs is 1. The lowest BCUT2D eigenvalue weighted by Crippen LogP contribution is -2.20. The highest BCUT2D eigenvalue weighted by molar-refractivity contribution is 6.26. The highest BCUT2D eigenvalue weighted by Gasteiger charge is 2.28. The molecule has 0 saturated carbocycles. The van der Waals surface area contributed by atoms with Crippen molar-refractivity contribution in [2.45, 2.75) is 78.1 Å². The van der Waals surface area contributed by atoms with Crippen LogP contribution in [0.5, 0.6) is 0 Å². The van der Waals surface area contributed by atoms with E-state index in [9.17, 15) is 9.59 Å². The zero-order chi connectivity index (χ0) is 17.4. The highest BCUT2D eigenvalue weighted by Crippen LogP contribution is 2.29. The molecule has 0 aliphatic heterocycles. The Morgan fingerprint density at radius 1 is 0.708 bits per heavy atom. The van der Waals surface area contributed by atoms with Crippen LogP contribution in [0.15, 0.2) is 35.4 Å². The van der Waals surface area contributed by atoms with Crippen molar-refractivity contribution in [3.05, 3.63) is 46.5 Å². The second-order valence-corrected chi connectivity index (χ2v) is 6.89. The SMILES string of the molecule is CCCCCCCCCCCC1=C(C)C(=O)c2ccccc2C1=O. The van der Waals surface area contributed by atoms with Crippen molar-refractivity contribution < 1.29 is 9.59 Å². The van der Waals surface area contributed by atoms with E-state index in [-0.39, 0.29) is 11.6 Å². The second kappa shape index (κ2) is 9.56. The number of benzene rings is 1. The van der Waals surface area contributed by atoms with Gasteiger partial charge in [0.05, 0.1) is 0 Å². The summed E-state index contributed by atoms with van der Waals surface area (Å²) in [6.45, 7) is 4.05. The van der Waals surface area contributed by atoms with Gasteiger partial charge >= 0.3 is 0 Å². The van der Waals surface area contributed by atoms with Crippen LogP contribution in [0, 0.1) is 0 Å². The lowest BCUT2D eigenvalue weighted by molar-refractivity contribution is 0.0971. The Labute approximate surface area is 146 Å². The fraction of sp³-hybridized carbons (Fsp3) is 0.545. The van der Waals surface area contributed by atoms with Gasteiger partial charge in [-0.1, -0.05) is 82.6 Å². The van der Waals surface area contributed by atoms with Crippen LogP contribution < -0.4 is 0 Å². The first kappa shape index (κ1) is 18.6. The van der Waals surface area contributed by atoms with Crippen LogP contribution in [0.25, 0.3) is 0 Å². The summed E-state index contributed by atoms with van der Waals surface area (Å²) in [5, 5.41) is 0. The molecule has 0 heterocycles. The van der Waals surface area contributed by atoms with E-state index in [2.05, 4.69) is 6.92 Å². The molecule has 24 heavy (non-hydrogen) atoms. The number of carbonyl (C=O) groups is 2. The Bertz CT molecular complexity index is 610. The average Bonchev–Trinajstić information content (AvgIpc) is 2.61. The number of Topliss-reactive ketones (excluding diaryl/α,β-unsaturated/α-hetero) is 2. The predicted octanol–water partition coefficient (Wildman–Crippen LogP) is 6.30. The van der Waals surface area contributed by atoms with Crippen LogP contribution in [0.4, 0.5) is 0 Å². The summed E-state index contributed by atoms with van der Waals surface area (Å²) in [4.78, 5) is 25.1. The van der Waals surface area contributed by atoms with E-state index < -0.39 is 0 Å². The summed E-state index contributed by atoms with van der Waals surface area (Å²) in [5.41, 5.74) is 2.54. The van der Waals surface area contributed by atoms with Crippen molar-refractivity contribution in [2.75, 3.05) is 0 Å². The van der Waals surface area contributed by atoms with Gasteiger partial charge in [0, 0.05) is 22.3 Å². The van der Waals surface area contributed by atoms with E-state index in [4.69, 9.17) is 0 Å². The number of carbonyl (C=O) groups excluding carboxylic acids is 2. The third kappa shape index (κ3) is 4.66. The third-order valence-electron chi connectivity index (χ3n) is 5.01. The summed E-state index contributed by atoms with van der Waals surface area (Å²) in [7, 11) is 0. The smallest absolute Gasteiger partial charge is 0.190 e. The van der Waals surface area contributed by atoms with E-state index in [1.54, 1.807) is 19.1 Å². The van der Waals surface area contributed by atoms with Crippen LogP contribution in [-0.2, 0) is 0 Å². The van der Waals surface area contributed by atoms with E-state index in [1.165, 1.54) is 44.9 Å². The molecule has 1 aliphatic rings. The Morgan fingerprint density at radius 2 is 1.21 bits per heavy atom. The molecule has 0 fully saturated rings. The number of ketones is 2. The first-order valence-electron chi connectivity index (χ1n) is 9.55. The minimum atomic E-state index is 0.0242. The standard InChI is InChI=1S/C22H30O2/c1-3-4-5-6-7-8-9-10-11-14-18-17(2)21(23)19-15-12-13-16-20(19)22(18)24/h12-13,15-16H,3-11,14H2,1-2H3. The lowest BCUT2D eigenvalue weighted by atomic mass is 9.82. The molecule has 130 valence electrons. The van der Waals surface area contributed by atoms with Crippen molar-refractivity contribution in [2.24, 2.45) is 0 Å². The molecule has 1 aromatic rings. The van der Waals surface area contributed by atoms with Gasteiger partial charge in [0.25, 0.3) is 0 Å². The number of hydrogen-bond donors (Lipinski definition) is 0. The molecular formula is C22H30O2. The molecule has 2 nitrogen and oxygen atoms in total. The van der Waals surface area contributed by atoms with E-state index in [0.717, 1.165) is 24.8 Å². The summed E-state index contributed by atoms with van der Waals surface area (Å²) in [5.74, 6) is 0.0818. The average molecular weight is 326 g/mol. The molecule has 2 heteroatoms. The number of allylic oxidation sites excluding steroid dienone is 2. The van der Waals surface area contributed by atoms with Gasteiger partial charge in [-0.15, -0.1) is 0 Å². The van der Waals surface area contributed by atoms with Crippen molar-refractivity contribution >= 4 is 11.6 Å². The molecule has 0 saturated heterocycles. The van der Waals surface area contributed by atoms with Crippen LogP contribution in [0.3, 0.4) is 0 Å². The topological polar surface area (TPSA) is 34.1 Å². The molecular weight excluding hydrogens is 296 g/mol. The highest BCUT2D eigenvalue weighted by atomic mass is 16.1. The number of hydrogen-bond acceptors (Lipinski definition) is 2. The molecule has 0 N–H and O–H groups in total. The van der Waals surface area contributed by atoms with Crippen molar-refractivity contribution in [1.82, 2.24) is 0 Å². The molecule has 1 aromatic carbocycles. The van der Waals surface area contributed by atoms with E-state index in [0.29, 0.717) is 16.7 Å². The molecule has 0 bridgehead atoms. The van der Waals surface area contributed by atoms with Gasteiger partial charge in [0.2, 0.25) is 0 Å². The fourth-order valence-electron chi connectivity index (χ4n) is 3.46. The lowest BCUT2D eigenvalue weighted by Gasteiger charge is -2.18. The number of unbranched alkanes of at least 4 members (excludes halogenated alkanes) is 8. The minimum absolute atomic E-state index is 0.0242. The maximum absolute atomic E-state index is 12.6. The van der Waals surface area contributed by atoms with Crippen molar-refractivity contribution in [1.29, 1.82) is 0 Å². The molecule has 0 atom stereocenters. The van der Waals surface area contributed by atoms with Gasteiger partial charge in [0.1, 0.15) is 0 Å². The Balaban J connectivity index is 1.78. The Kier molecular flexibility index (Phi) is 7.42. The van der Waals surface area contributed by atoms with E-state index >= 15 is 0 Å². The zero-order valence-corrected chi connectivity index (χ0v) is 15.2. The fourth-order valence-corrected chi connectivity index (χ4v) is 3.46. The quantitative estimate of drug-likeness (QED) is 0.473. The first-order valence-corrected chi connectivity index (χ1v) is 9.55. The monoisotopic (exact) mass is 326 g/mol. The maximum atomic E-state index is 12.6. The second-order valence-electron chi connectivity index (χ2n) is 6.89. The molecule has 0 amide bonds. The predicted molar refractivity (Wildman–Crippen MR) is 99.6 cm³/mol. The van der Waals surface area contributed by atoms with Gasteiger partial charge in [-0.3, -0.25) is 9.59 Å². The summed E-state index contributed by atoms with van der Waals surface area (Å²) < 4.78 is 0. The van der Waals surface area contributed by atoms with Crippen LogP contribution in [0.2, 0.25) is 0 Å². The van der Waals surface area contributed by atoms with Gasteiger partial charge in [-0.25, -0.2) is 0 Å². The van der Waals surface area contributed by atoms with E-state index in [1.807, 2.05) is 12.1 Å². The van der Waals surface area contributed by atoms with Gasteiger partial charge < -0.3 is 0 Å². The first-order chi connectivity index (χ1) is 11.7. The van der Waals surface area contributed by atoms with Crippen molar-refractivity contribution in [3.8, 4) is 0 Å². The number of rotatable bonds is 10. The normalized spacial score (nSPS) is 14.2. The Hall–Kier alpha value is -1.70. The summed E-state index contributed by atoms with van der Waals surface area (Å²) >= 11 is 0. The third-order valence-corrected chi connectivity index (χ3v) is 5.01. The maximum Gasteiger partial charge on any atom is 0.190 e. The summed E-state index contributed by atoms with van der Waals surface area (Å²) in [6, 6.07) is 7.19. The molecule has 0 spiro atoms. The summed E-state index contributed by atoms with van der Waals surface area (Å²) in [6.07, 6.45) is 12.1. The molecule has 2 rings (SSSR count). The molecule has 0 radical (unpaired) electrons. The zero-order valence-electron chi connectivity index (χ0n) is 15.2. The molecule has 1 aliphatic carbocycles. The van der Waals surface area contributed by atoms with Crippen LogP contribution >= 0.6 is 0 Å². The van der Waals surface area contributed by atoms with Crippen molar-refractivity contribution in [3.63, 3.8) is 0 Å². The van der Waals surface area contributed by atoms with Gasteiger partial charge in [0.15, 0.2) is 11.6 Å². The molecule has 0 aromatic heterocycles. The van der Waals surface area contributed by atoms with Gasteiger partial charge in [-0.2, -0.15) is 0 Å². The van der Waals surface area contributed by atoms with Crippen LogP contribution in [0.1, 0.15) is 98.8 Å². The van der Waals surface area contributed by atoms with Gasteiger partial charge in [-0.05, 0) is 19.8 Å².